The topological polar surface area (TPSA) is 35.0 Å². The lowest BCUT2D eigenvalue weighted by Crippen LogP contribution is -1.99. The van der Waals surface area contributed by atoms with Crippen LogP contribution in [0.4, 0.5) is 0 Å². The number of benzene rings is 1. The molecule has 0 saturated heterocycles. The van der Waals surface area contributed by atoms with Gasteiger partial charge in [-0.1, -0.05) is 30.3 Å². The van der Waals surface area contributed by atoms with Crippen molar-refractivity contribution in [1.29, 1.82) is 0 Å². The van der Waals surface area contributed by atoms with E-state index in [1.807, 2.05) is 18.2 Å². The third-order valence-electron chi connectivity index (χ3n) is 2.44. The number of aromatic nitrogens is 2. The highest BCUT2D eigenvalue weighted by atomic mass is 16.5. The molecule has 0 saturated carbocycles. The van der Waals surface area contributed by atoms with Gasteiger partial charge in [0.25, 0.3) is 0 Å². The van der Waals surface area contributed by atoms with E-state index in [9.17, 15) is 0 Å². The first-order chi connectivity index (χ1) is 7.90. The standard InChI is InChI=1S/C13H14N2O/c1-16-10-13-9-15-14-8-12(13)7-11-5-3-2-4-6-11/h2-6,8-9H,7,10H2,1H3. The minimum atomic E-state index is 0.581. The summed E-state index contributed by atoms with van der Waals surface area (Å²) in [5.74, 6) is 0. The monoisotopic (exact) mass is 214 g/mol. The first-order valence-corrected chi connectivity index (χ1v) is 5.21. The van der Waals surface area contributed by atoms with Crippen molar-refractivity contribution < 1.29 is 4.74 Å². The Kier molecular flexibility index (Phi) is 3.62. The van der Waals surface area contributed by atoms with E-state index in [-0.39, 0.29) is 0 Å². The number of hydrogen-bond donors (Lipinski definition) is 0. The van der Waals surface area contributed by atoms with Crippen molar-refractivity contribution >= 4 is 0 Å². The van der Waals surface area contributed by atoms with Crippen LogP contribution < -0.4 is 0 Å². The maximum absolute atomic E-state index is 5.14. The summed E-state index contributed by atoms with van der Waals surface area (Å²) in [6.45, 7) is 0.581. The molecule has 0 unspecified atom stereocenters. The highest BCUT2D eigenvalue weighted by Crippen LogP contribution is 2.12. The molecular formula is C13H14N2O. The fraction of sp³-hybridized carbons (Fsp3) is 0.231. The summed E-state index contributed by atoms with van der Waals surface area (Å²) in [6, 6.07) is 10.3. The van der Waals surface area contributed by atoms with Gasteiger partial charge in [0.1, 0.15) is 0 Å². The second-order valence-corrected chi connectivity index (χ2v) is 3.64. The second kappa shape index (κ2) is 5.37. The molecule has 0 N–H and O–H groups in total. The van der Waals surface area contributed by atoms with Crippen molar-refractivity contribution in [2.24, 2.45) is 0 Å². The Morgan fingerprint density at radius 1 is 1.00 bits per heavy atom. The van der Waals surface area contributed by atoms with Crippen molar-refractivity contribution in [3.8, 4) is 0 Å². The second-order valence-electron chi connectivity index (χ2n) is 3.64. The molecular weight excluding hydrogens is 200 g/mol. The summed E-state index contributed by atoms with van der Waals surface area (Å²) in [4.78, 5) is 0. The molecule has 0 radical (unpaired) electrons. The Morgan fingerprint density at radius 2 is 1.69 bits per heavy atom. The fourth-order valence-corrected chi connectivity index (χ4v) is 1.63. The molecule has 3 heteroatoms. The Bertz CT molecular complexity index is 443. The zero-order valence-electron chi connectivity index (χ0n) is 9.26. The maximum atomic E-state index is 5.14. The molecule has 0 spiro atoms. The van der Waals surface area contributed by atoms with Crippen LogP contribution >= 0.6 is 0 Å². The van der Waals surface area contributed by atoms with Gasteiger partial charge in [-0.05, 0) is 17.5 Å². The van der Waals surface area contributed by atoms with Crippen molar-refractivity contribution in [3.05, 3.63) is 59.4 Å². The Balaban J connectivity index is 2.21. The molecule has 0 bridgehead atoms. The molecule has 0 aliphatic rings. The predicted octanol–water partition coefficient (Wildman–Crippen LogP) is 2.21. The summed E-state index contributed by atoms with van der Waals surface area (Å²) >= 11 is 0. The number of rotatable bonds is 4. The zero-order valence-corrected chi connectivity index (χ0v) is 9.26. The molecule has 0 aliphatic carbocycles. The van der Waals surface area contributed by atoms with Crippen molar-refractivity contribution in [3.63, 3.8) is 0 Å². The number of methoxy groups -OCH3 is 1. The van der Waals surface area contributed by atoms with Gasteiger partial charge in [0.05, 0.1) is 19.0 Å². The lowest BCUT2D eigenvalue weighted by atomic mass is 10.0. The van der Waals surface area contributed by atoms with E-state index in [0.717, 1.165) is 12.0 Å². The fourth-order valence-electron chi connectivity index (χ4n) is 1.63. The van der Waals surface area contributed by atoms with Gasteiger partial charge in [-0.3, -0.25) is 0 Å². The van der Waals surface area contributed by atoms with Crippen LogP contribution in [0.1, 0.15) is 16.7 Å². The highest BCUT2D eigenvalue weighted by Gasteiger charge is 2.03. The van der Waals surface area contributed by atoms with Crippen LogP contribution in [0, 0.1) is 0 Å². The van der Waals surface area contributed by atoms with E-state index in [0.29, 0.717) is 6.61 Å². The van der Waals surface area contributed by atoms with Crippen LogP contribution in [0.2, 0.25) is 0 Å². The molecule has 16 heavy (non-hydrogen) atoms. The van der Waals surface area contributed by atoms with Crippen molar-refractivity contribution in [1.82, 2.24) is 10.2 Å². The molecule has 2 aromatic rings. The van der Waals surface area contributed by atoms with Crippen LogP contribution in [0.25, 0.3) is 0 Å². The normalized spacial score (nSPS) is 10.3. The molecule has 0 aliphatic heterocycles. The average molecular weight is 214 g/mol. The lowest BCUT2D eigenvalue weighted by Gasteiger charge is -2.07. The van der Waals surface area contributed by atoms with Gasteiger partial charge < -0.3 is 4.74 Å². The summed E-state index contributed by atoms with van der Waals surface area (Å²) in [7, 11) is 1.69. The van der Waals surface area contributed by atoms with E-state index in [2.05, 4.69) is 22.3 Å². The van der Waals surface area contributed by atoms with Gasteiger partial charge >= 0.3 is 0 Å². The van der Waals surface area contributed by atoms with Gasteiger partial charge in [0, 0.05) is 12.7 Å². The minimum Gasteiger partial charge on any atom is -0.380 e. The SMILES string of the molecule is COCc1cnncc1Cc1ccccc1. The van der Waals surface area contributed by atoms with E-state index in [4.69, 9.17) is 4.74 Å². The van der Waals surface area contributed by atoms with Crippen molar-refractivity contribution in [2.45, 2.75) is 13.0 Å². The molecule has 0 amide bonds. The van der Waals surface area contributed by atoms with E-state index >= 15 is 0 Å². The summed E-state index contributed by atoms with van der Waals surface area (Å²) in [6.07, 6.45) is 4.44. The molecule has 82 valence electrons. The van der Waals surface area contributed by atoms with Gasteiger partial charge in [0.2, 0.25) is 0 Å². The van der Waals surface area contributed by atoms with Crippen LogP contribution in [0.5, 0.6) is 0 Å². The maximum Gasteiger partial charge on any atom is 0.0732 e. The number of ether oxygens (including phenoxy) is 1. The summed E-state index contributed by atoms with van der Waals surface area (Å²) in [5, 5.41) is 7.79. The Hall–Kier alpha value is -1.74. The van der Waals surface area contributed by atoms with Crippen molar-refractivity contribution in [2.75, 3.05) is 7.11 Å². The zero-order chi connectivity index (χ0) is 11.2. The quantitative estimate of drug-likeness (QED) is 0.782. The first kappa shape index (κ1) is 10.8. The highest BCUT2D eigenvalue weighted by molar-refractivity contribution is 5.28. The lowest BCUT2D eigenvalue weighted by molar-refractivity contribution is 0.183. The van der Waals surface area contributed by atoms with E-state index < -0.39 is 0 Å². The number of hydrogen-bond acceptors (Lipinski definition) is 3. The van der Waals surface area contributed by atoms with E-state index in [1.54, 1.807) is 19.5 Å². The third kappa shape index (κ3) is 2.64. The average Bonchev–Trinajstić information content (AvgIpc) is 2.33. The molecule has 0 fully saturated rings. The third-order valence-corrected chi connectivity index (χ3v) is 2.44. The molecule has 2 rings (SSSR count). The van der Waals surface area contributed by atoms with Gasteiger partial charge in [-0.15, -0.1) is 0 Å². The molecule has 0 atom stereocenters. The Labute approximate surface area is 95.1 Å². The molecule has 1 aromatic carbocycles. The number of nitrogens with zero attached hydrogens (tertiary/aromatic N) is 2. The van der Waals surface area contributed by atoms with Gasteiger partial charge in [-0.2, -0.15) is 10.2 Å². The molecule has 1 aromatic heterocycles. The predicted molar refractivity (Wildman–Crippen MR) is 62.0 cm³/mol. The Morgan fingerprint density at radius 3 is 2.38 bits per heavy atom. The van der Waals surface area contributed by atoms with E-state index in [1.165, 1.54) is 11.1 Å². The molecule has 3 nitrogen and oxygen atoms in total. The summed E-state index contributed by atoms with van der Waals surface area (Å²) < 4.78 is 5.14. The first-order valence-electron chi connectivity index (χ1n) is 5.21. The summed E-state index contributed by atoms with van der Waals surface area (Å²) in [5.41, 5.74) is 3.54. The minimum absolute atomic E-state index is 0.581. The van der Waals surface area contributed by atoms with Crippen LogP contribution in [-0.2, 0) is 17.8 Å². The van der Waals surface area contributed by atoms with Gasteiger partial charge in [0.15, 0.2) is 0 Å². The van der Waals surface area contributed by atoms with Crippen LogP contribution in [0.3, 0.4) is 0 Å². The smallest absolute Gasteiger partial charge is 0.0732 e. The largest absolute Gasteiger partial charge is 0.380 e. The van der Waals surface area contributed by atoms with Crippen LogP contribution in [0.15, 0.2) is 42.7 Å². The van der Waals surface area contributed by atoms with Crippen LogP contribution in [-0.4, -0.2) is 17.3 Å². The van der Waals surface area contributed by atoms with Gasteiger partial charge in [-0.25, -0.2) is 0 Å². The molecule has 1 heterocycles.